The van der Waals surface area contributed by atoms with Crippen molar-refractivity contribution in [2.75, 3.05) is 26.7 Å². The maximum atomic E-state index is 12.4. The van der Waals surface area contributed by atoms with Gasteiger partial charge in [0.25, 0.3) is 0 Å². The molecule has 1 heterocycles. The summed E-state index contributed by atoms with van der Waals surface area (Å²) >= 11 is 0. The molecule has 0 radical (unpaired) electrons. The van der Waals surface area contributed by atoms with E-state index in [2.05, 4.69) is 15.5 Å². The number of aryl methyl sites for hydroxylation is 1. The third-order valence-electron chi connectivity index (χ3n) is 2.25. The molecule has 17 heavy (non-hydrogen) atoms. The van der Waals surface area contributed by atoms with Crippen LogP contribution in [0.4, 0.5) is 13.2 Å². The minimum atomic E-state index is -4.20. The predicted octanol–water partition coefficient (Wildman–Crippen LogP) is 0.399. The molecule has 0 aromatic carbocycles. The van der Waals surface area contributed by atoms with Crippen LogP contribution in [0.25, 0.3) is 0 Å². The van der Waals surface area contributed by atoms with Crippen LogP contribution >= 0.6 is 0 Å². The average molecular weight is 251 g/mol. The monoisotopic (exact) mass is 251 g/mol. The summed E-state index contributed by atoms with van der Waals surface area (Å²) in [7, 11) is 3.41. The molecule has 5 nitrogen and oxygen atoms in total. The van der Waals surface area contributed by atoms with Crippen molar-refractivity contribution in [3.63, 3.8) is 0 Å². The second-order valence-electron chi connectivity index (χ2n) is 3.79. The molecule has 1 aromatic rings. The van der Waals surface area contributed by atoms with Crippen LogP contribution in [0.1, 0.15) is 5.82 Å². The number of nitrogens with one attached hydrogen (secondary N) is 1. The summed E-state index contributed by atoms with van der Waals surface area (Å²) in [5.74, 6) is 0.519. The molecule has 0 aliphatic heterocycles. The van der Waals surface area contributed by atoms with Crippen molar-refractivity contribution in [3.05, 3.63) is 12.2 Å². The summed E-state index contributed by atoms with van der Waals surface area (Å²) < 4.78 is 38.7. The molecule has 0 spiro atoms. The Balaban J connectivity index is 2.60. The Hall–Kier alpha value is -1.15. The van der Waals surface area contributed by atoms with E-state index in [9.17, 15) is 13.2 Å². The first-order chi connectivity index (χ1) is 7.92. The summed E-state index contributed by atoms with van der Waals surface area (Å²) in [4.78, 5) is 1.29. The molecule has 0 unspecified atom stereocenters. The topological polar surface area (TPSA) is 46.0 Å². The van der Waals surface area contributed by atoms with Gasteiger partial charge in [-0.05, 0) is 7.05 Å². The van der Waals surface area contributed by atoms with Crippen LogP contribution in [-0.2, 0) is 13.6 Å². The van der Waals surface area contributed by atoms with E-state index in [1.165, 1.54) is 11.2 Å². The SMILES string of the molecule is CNCCN(Cc1nncn1C)CC(F)(F)F. The smallest absolute Gasteiger partial charge is 0.320 e. The van der Waals surface area contributed by atoms with Gasteiger partial charge in [0, 0.05) is 20.1 Å². The molecule has 8 heteroatoms. The Morgan fingerprint density at radius 3 is 2.65 bits per heavy atom. The zero-order valence-electron chi connectivity index (χ0n) is 9.83. The summed E-state index contributed by atoms with van der Waals surface area (Å²) in [6.45, 7) is -0.00394. The Bertz CT molecular complexity index is 336. The quantitative estimate of drug-likeness (QED) is 0.795. The van der Waals surface area contributed by atoms with Crippen molar-refractivity contribution in [2.45, 2.75) is 12.7 Å². The molecule has 0 saturated heterocycles. The second-order valence-corrected chi connectivity index (χ2v) is 3.79. The Morgan fingerprint density at radius 2 is 2.18 bits per heavy atom. The van der Waals surface area contributed by atoms with E-state index in [-0.39, 0.29) is 6.54 Å². The summed E-state index contributed by atoms with van der Waals surface area (Å²) in [5.41, 5.74) is 0. The van der Waals surface area contributed by atoms with Crippen LogP contribution in [0.15, 0.2) is 6.33 Å². The van der Waals surface area contributed by atoms with Crippen LogP contribution in [0.5, 0.6) is 0 Å². The lowest BCUT2D eigenvalue weighted by atomic mass is 10.4. The molecule has 1 N–H and O–H groups in total. The maximum Gasteiger partial charge on any atom is 0.401 e. The lowest BCUT2D eigenvalue weighted by Gasteiger charge is -2.22. The Labute approximate surface area is 97.6 Å². The number of halogens is 3. The fourth-order valence-electron chi connectivity index (χ4n) is 1.39. The van der Waals surface area contributed by atoms with Crippen LogP contribution < -0.4 is 5.32 Å². The average Bonchev–Trinajstić information content (AvgIpc) is 2.59. The van der Waals surface area contributed by atoms with Crippen LogP contribution in [-0.4, -0.2) is 52.5 Å². The van der Waals surface area contributed by atoms with Crippen molar-refractivity contribution >= 4 is 0 Å². The molecule has 0 amide bonds. The third-order valence-corrected chi connectivity index (χ3v) is 2.25. The largest absolute Gasteiger partial charge is 0.401 e. The maximum absolute atomic E-state index is 12.4. The number of rotatable bonds is 6. The molecule has 0 aliphatic rings. The first-order valence-corrected chi connectivity index (χ1v) is 5.19. The van der Waals surface area contributed by atoms with Gasteiger partial charge in [-0.3, -0.25) is 4.90 Å². The van der Waals surface area contributed by atoms with Crippen LogP contribution in [0.3, 0.4) is 0 Å². The van der Waals surface area contributed by atoms with Gasteiger partial charge in [-0.2, -0.15) is 13.2 Å². The van der Waals surface area contributed by atoms with Crippen LogP contribution in [0.2, 0.25) is 0 Å². The van der Waals surface area contributed by atoms with Gasteiger partial charge in [0.2, 0.25) is 0 Å². The zero-order valence-corrected chi connectivity index (χ0v) is 9.83. The minimum absolute atomic E-state index is 0.137. The van der Waals surface area contributed by atoms with E-state index < -0.39 is 12.7 Å². The highest BCUT2D eigenvalue weighted by molar-refractivity contribution is 4.85. The molecule has 1 aromatic heterocycles. The number of hydrogen-bond acceptors (Lipinski definition) is 4. The minimum Gasteiger partial charge on any atom is -0.320 e. The lowest BCUT2D eigenvalue weighted by molar-refractivity contribution is -0.147. The molecule has 0 atom stereocenters. The van der Waals surface area contributed by atoms with E-state index in [1.807, 2.05) is 0 Å². The summed E-state index contributed by atoms with van der Waals surface area (Å²) in [6.07, 6.45) is -2.73. The predicted molar refractivity (Wildman–Crippen MR) is 56.3 cm³/mol. The van der Waals surface area contributed by atoms with Gasteiger partial charge in [0.15, 0.2) is 0 Å². The van der Waals surface area contributed by atoms with Gasteiger partial charge in [-0.15, -0.1) is 10.2 Å². The van der Waals surface area contributed by atoms with Gasteiger partial charge in [0.05, 0.1) is 13.1 Å². The first-order valence-electron chi connectivity index (χ1n) is 5.19. The molecule has 0 bridgehead atoms. The van der Waals surface area contributed by atoms with Crippen molar-refractivity contribution in [2.24, 2.45) is 7.05 Å². The van der Waals surface area contributed by atoms with Gasteiger partial charge in [-0.1, -0.05) is 0 Å². The summed E-state index contributed by atoms with van der Waals surface area (Å²) in [5, 5.41) is 10.2. The number of nitrogens with zero attached hydrogens (tertiary/aromatic N) is 4. The van der Waals surface area contributed by atoms with Crippen LogP contribution in [0, 0.1) is 0 Å². The fourth-order valence-corrected chi connectivity index (χ4v) is 1.39. The standard InChI is InChI=1S/C9H16F3N5/c1-13-3-4-17(6-9(10,11)12)5-8-15-14-7-16(8)2/h7,13H,3-6H2,1-2H3. The number of aromatic nitrogens is 3. The van der Waals surface area contributed by atoms with Crippen molar-refractivity contribution < 1.29 is 13.2 Å². The van der Waals surface area contributed by atoms with E-state index in [0.29, 0.717) is 18.9 Å². The first kappa shape index (κ1) is 13.9. The Morgan fingerprint density at radius 1 is 1.47 bits per heavy atom. The van der Waals surface area contributed by atoms with Gasteiger partial charge in [-0.25, -0.2) is 0 Å². The number of likely N-dealkylation sites (N-methyl/N-ethyl adjacent to an activating group) is 1. The molecular formula is C9H16F3N5. The van der Waals surface area contributed by atoms with Gasteiger partial charge < -0.3 is 9.88 Å². The van der Waals surface area contributed by atoms with Crippen molar-refractivity contribution in [3.8, 4) is 0 Å². The Kier molecular flexibility index (Phi) is 4.88. The number of alkyl halides is 3. The molecule has 0 saturated carbocycles. The molecule has 1 rings (SSSR count). The van der Waals surface area contributed by atoms with E-state index in [0.717, 1.165) is 0 Å². The molecular weight excluding hydrogens is 235 g/mol. The molecule has 0 fully saturated rings. The van der Waals surface area contributed by atoms with Gasteiger partial charge >= 0.3 is 6.18 Å². The van der Waals surface area contributed by atoms with E-state index >= 15 is 0 Å². The number of hydrogen-bond donors (Lipinski definition) is 1. The summed E-state index contributed by atoms with van der Waals surface area (Å²) in [6, 6.07) is 0. The molecule has 98 valence electrons. The van der Waals surface area contributed by atoms with E-state index in [4.69, 9.17) is 0 Å². The lowest BCUT2D eigenvalue weighted by Crippen LogP contribution is -2.38. The third kappa shape index (κ3) is 5.14. The fraction of sp³-hybridized carbons (Fsp3) is 0.778. The van der Waals surface area contributed by atoms with Gasteiger partial charge in [0.1, 0.15) is 12.2 Å². The van der Waals surface area contributed by atoms with Crippen molar-refractivity contribution in [1.82, 2.24) is 25.0 Å². The molecule has 0 aliphatic carbocycles. The zero-order chi connectivity index (χ0) is 12.9. The highest BCUT2D eigenvalue weighted by Crippen LogP contribution is 2.17. The second kappa shape index (κ2) is 5.97. The highest BCUT2D eigenvalue weighted by atomic mass is 19.4. The normalized spacial score (nSPS) is 12.4. The van der Waals surface area contributed by atoms with Crippen molar-refractivity contribution in [1.29, 1.82) is 0 Å². The highest BCUT2D eigenvalue weighted by Gasteiger charge is 2.30. The van der Waals surface area contributed by atoms with E-state index in [1.54, 1.807) is 18.7 Å².